The SMILES string of the molecule is Cc1cccc(OCCN=C(N)N2CCN(C(=O)OC(C)(C)C)CC2)c1.I. The Bertz CT molecular complexity index is 638. The third kappa shape index (κ3) is 8.23. The van der Waals surface area contributed by atoms with Crippen LogP contribution in [-0.4, -0.2) is 66.8 Å². The Morgan fingerprint density at radius 2 is 1.81 bits per heavy atom. The van der Waals surface area contributed by atoms with Gasteiger partial charge in [-0.1, -0.05) is 12.1 Å². The van der Waals surface area contributed by atoms with E-state index in [0.717, 1.165) is 11.3 Å². The van der Waals surface area contributed by atoms with Crippen molar-refractivity contribution >= 4 is 36.0 Å². The number of carbonyl (C=O) groups is 1. The standard InChI is InChI=1S/C19H30N4O3.HI/c1-15-6-5-7-16(14-15)25-13-8-21-17(20)22-9-11-23(12-10-22)18(24)26-19(2,3)4;/h5-7,14H,8-13H2,1-4H3,(H2,20,21);1H. The zero-order valence-corrected chi connectivity index (χ0v) is 18.9. The molecule has 1 amide bonds. The zero-order valence-electron chi connectivity index (χ0n) is 16.6. The van der Waals surface area contributed by atoms with E-state index in [9.17, 15) is 4.79 Å². The van der Waals surface area contributed by atoms with Crippen LogP contribution in [0.1, 0.15) is 26.3 Å². The molecule has 0 atom stereocenters. The normalized spacial score (nSPS) is 15.2. The number of guanidine groups is 1. The van der Waals surface area contributed by atoms with Gasteiger partial charge in [0.15, 0.2) is 5.96 Å². The average molecular weight is 490 g/mol. The third-order valence-electron chi connectivity index (χ3n) is 3.88. The number of piperazine rings is 1. The van der Waals surface area contributed by atoms with Crippen molar-refractivity contribution in [1.29, 1.82) is 0 Å². The van der Waals surface area contributed by atoms with Crippen LogP contribution in [0.15, 0.2) is 29.3 Å². The summed E-state index contributed by atoms with van der Waals surface area (Å²) in [6.07, 6.45) is -0.279. The maximum Gasteiger partial charge on any atom is 0.410 e. The Labute approximate surface area is 178 Å². The van der Waals surface area contributed by atoms with Gasteiger partial charge in [-0.25, -0.2) is 9.79 Å². The van der Waals surface area contributed by atoms with Gasteiger partial charge >= 0.3 is 6.09 Å². The number of ether oxygens (including phenoxy) is 2. The fourth-order valence-electron chi connectivity index (χ4n) is 2.57. The van der Waals surface area contributed by atoms with Gasteiger partial charge in [0, 0.05) is 26.2 Å². The summed E-state index contributed by atoms with van der Waals surface area (Å²) in [7, 11) is 0. The van der Waals surface area contributed by atoms with Gasteiger partial charge in [0.2, 0.25) is 0 Å². The summed E-state index contributed by atoms with van der Waals surface area (Å²) in [5.74, 6) is 1.33. The van der Waals surface area contributed by atoms with Gasteiger partial charge in [-0.3, -0.25) is 0 Å². The van der Waals surface area contributed by atoms with Crippen LogP contribution >= 0.6 is 24.0 Å². The van der Waals surface area contributed by atoms with Gasteiger partial charge in [-0.15, -0.1) is 24.0 Å². The highest BCUT2D eigenvalue weighted by Gasteiger charge is 2.26. The molecule has 152 valence electrons. The molecule has 8 heteroatoms. The predicted molar refractivity (Wildman–Crippen MR) is 118 cm³/mol. The van der Waals surface area contributed by atoms with Crippen LogP contribution < -0.4 is 10.5 Å². The van der Waals surface area contributed by atoms with E-state index in [1.54, 1.807) is 4.90 Å². The molecule has 27 heavy (non-hydrogen) atoms. The second-order valence-corrected chi connectivity index (χ2v) is 7.36. The number of aryl methyl sites for hydroxylation is 1. The van der Waals surface area contributed by atoms with E-state index in [2.05, 4.69) is 4.99 Å². The molecule has 1 heterocycles. The molecule has 1 saturated heterocycles. The number of carbonyl (C=O) groups excluding carboxylic acids is 1. The lowest BCUT2D eigenvalue weighted by Gasteiger charge is -2.36. The maximum atomic E-state index is 12.1. The minimum atomic E-state index is -0.480. The number of amides is 1. The number of aliphatic imine (C=N–C) groups is 1. The van der Waals surface area contributed by atoms with Gasteiger partial charge in [0.1, 0.15) is 18.0 Å². The first-order chi connectivity index (χ1) is 12.2. The average Bonchev–Trinajstić information content (AvgIpc) is 2.57. The summed E-state index contributed by atoms with van der Waals surface area (Å²) >= 11 is 0. The number of benzene rings is 1. The van der Waals surface area contributed by atoms with E-state index < -0.39 is 5.60 Å². The summed E-state index contributed by atoms with van der Waals surface area (Å²) < 4.78 is 11.1. The maximum absolute atomic E-state index is 12.1. The molecule has 0 aromatic heterocycles. The van der Waals surface area contributed by atoms with E-state index >= 15 is 0 Å². The van der Waals surface area contributed by atoms with Crippen LogP contribution in [0.2, 0.25) is 0 Å². The van der Waals surface area contributed by atoms with Crippen LogP contribution in [0, 0.1) is 6.92 Å². The van der Waals surface area contributed by atoms with E-state index in [1.807, 2.05) is 56.9 Å². The van der Waals surface area contributed by atoms with Crippen molar-refractivity contribution in [2.75, 3.05) is 39.3 Å². The first kappa shape index (κ1) is 23.3. The van der Waals surface area contributed by atoms with Gasteiger partial charge in [0.25, 0.3) is 0 Å². The number of nitrogens with zero attached hydrogens (tertiary/aromatic N) is 3. The quantitative estimate of drug-likeness (QED) is 0.304. The molecular weight excluding hydrogens is 459 g/mol. The largest absolute Gasteiger partial charge is 0.492 e. The highest BCUT2D eigenvalue weighted by atomic mass is 127. The molecule has 1 aromatic rings. The minimum Gasteiger partial charge on any atom is -0.492 e. The molecule has 0 saturated carbocycles. The summed E-state index contributed by atoms with van der Waals surface area (Å²) in [6, 6.07) is 7.91. The van der Waals surface area contributed by atoms with Crippen molar-refractivity contribution in [1.82, 2.24) is 9.80 Å². The van der Waals surface area contributed by atoms with Gasteiger partial charge in [-0.2, -0.15) is 0 Å². The molecule has 0 radical (unpaired) electrons. The second-order valence-electron chi connectivity index (χ2n) is 7.36. The minimum absolute atomic E-state index is 0. The van der Waals surface area contributed by atoms with Crippen molar-refractivity contribution in [3.63, 3.8) is 0 Å². The van der Waals surface area contributed by atoms with E-state index in [-0.39, 0.29) is 30.1 Å². The Morgan fingerprint density at radius 1 is 1.19 bits per heavy atom. The molecule has 2 rings (SSSR count). The van der Waals surface area contributed by atoms with Crippen LogP contribution in [0.5, 0.6) is 5.75 Å². The molecule has 0 spiro atoms. The van der Waals surface area contributed by atoms with Crippen molar-refractivity contribution in [2.24, 2.45) is 10.7 Å². The molecule has 0 aliphatic carbocycles. The molecule has 1 fully saturated rings. The first-order valence-electron chi connectivity index (χ1n) is 8.97. The fourth-order valence-corrected chi connectivity index (χ4v) is 2.57. The molecule has 0 bridgehead atoms. The lowest BCUT2D eigenvalue weighted by molar-refractivity contribution is 0.0186. The summed E-state index contributed by atoms with van der Waals surface area (Å²) in [5, 5.41) is 0. The number of halogens is 1. The van der Waals surface area contributed by atoms with Crippen LogP contribution in [0.4, 0.5) is 4.79 Å². The summed E-state index contributed by atoms with van der Waals surface area (Å²) in [4.78, 5) is 20.1. The van der Waals surface area contributed by atoms with Crippen molar-refractivity contribution in [3.8, 4) is 5.75 Å². The lowest BCUT2D eigenvalue weighted by atomic mass is 10.2. The van der Waals surface area contributed by atoms with Gasteiger partial charge in [-0.05, 0) is 45.4 Å². The zero-order chi connectivity index (χ0) is 19.2. The van der Waals surface area contributed by atoms with Gasteiger partial charge in [0.05, 0.1) is 6.54 Å². The topological polar surface area (TPSA) is 80.4 Å². The molecule has 1 aliphatic rings. The summed E-state index contributed by atoms with van der Waals surface area (Å²) in [6.45, 7) is 11.0. The smallest absolute Gasteiger partial charge is 0.410 e. The predicted octanol–water partition coefficient (Wildman–Crippen LogP) is 2.86. The second kappa shape index (κ2) is 10.6. The molecule has 1 aromatic carbocycles. The van der Waals surface area contributed by atoms with Crippen molar-refractivity contribution in [3.05, 3.63) is 29.8 Å². The highest BCUT2D eigenvalue weighted by molar-refractivity contribution is 14.0. The number of hydrogen-bond donors (Lipinski definition) is 1. The van der Waals surface area contributed by atoms with Gasteiger partial charge < -0.3 is 25.0 Å². The van der Waals surface area contributed by atoms with Crippen LogP contribution in [-0.2, 0) is 4.74 Å². The Morgan fingerprint density at radius 3 is 2.41 bits per heavy atom. The monoisotopic (exact) mass is 490 g/mol. The Hall–Kier alpha value is -1.71. The molecule has 0 unspecified atom stereocenters. The number of rotatable bonds is 4. The molecule has 7 nitrogen and oxygen atoms in total. The fraction of sp³-hybridized carbons (Fsp3) is 0.579. The van der Waals surface area contributed by atoms with E-state index in [4.69, 9.17) is 15.2 Å². The van der Waals surface area contributed by atoms with E-state index in [0.29, 0.717) is 45.3 Å². The van der Waals surface area contributed by atoms with E-state index in [1.165, 1.54) is 0 Å². The molecule has 2 N–H and O–H groups in total. The van der Waals surface area contributed by atoms with Crippen LogP contribution in [0.3, 0.4) is 0 Å². The lowest BCUT2D eigenvalue weighted by Crippen LogP contribution is -2.53. The summed E-state index contributed by atoms with van der Waals surface area (Å²) in [5.41, 5.74) is 6.74. The van der Waals surface area contributed by atoms with Crippen LogP contribution in [0.25, 0.3) is 0 Å². The first-order valence-corrected chi connectivity index (χ1v) is 8.97. The Balaban J connectivity index is 0.00000364. The third-order valence-corrected chi connectivity index (χ3v) is 3.88. The Kier molecular flexibility index (Phi) is 9.14. The number of nitrogens with two attached hydrogens (primary N) is 1. The van der Waals surface area contributed by atoms with Crippen molar-refractivity contribution in [2.45, 2.75) is 33.3 Å². The molecular formula is C19H31IN4O3. The molecule has 1 aliphatic heterocycles. The van der Waals surface area contributed by atoms with Crippen molar-refractivity contribution < 1.29 is 14.3 Å². The number of hydrogen-bond acceptors (Lipinski definition) is 4. The highest BCUT2D eigenvalue weighted by Crippen LogP contribution is 2.13.